The lowest BCUT2D eigenvalue weighted by atomic mass is 9.94. The first kappa shape index (κ1) is 21.0. The van der Waals surface area contributed by atoms with Gasteiger partial charge in [0.05, 0.1) is 0 Å². The van der Waals surface area contributed by atoms with Crippen LogP contribution in [-0.4, -0.2) is 35.6 Å². The molecule has 5 nitrogen and oxygen atoms in total. The molecule has 1 N–H and O–H groups in total. The van der Waals surface area contributed by atoms with E-state index in [4.69, 9.17) is 38.1 Å². The van der Waals surface area contributed by atoms with Crippen LogP contribution in [0, 0.1) is 5.92 Å². The van der Waals surface area contributed by atoms with E-state index in [1.165, 1.54) is 0 Å². The Labute approximate surface area is 185 Å². The maximum absolute atomic E-state index is 11.0. The third-order valence-electron chi connectivity index (χ3n) is 5.54. The summed E-state index contributed by atoms with van der Waals surface area (Å²) >= 11 is 12.5. The molecule has 0 saturated carbocycles. The minimum Gasteiger partial charge on any atom is -0.481 e. The zero-order valence-electron chi connectivity index (χ0n) is 16.4. The van der Waals surface area contributed by atoms with E-state index in [0.29, 0.717) is 21.5 Å². The van der Waals surface area contributed by atoms with Gasteiger partial charge in [-0.2, -0.15) is 0 Å². The van der Waals surface area contributed by atoms with Crippen LogP contribution >= 0.6 is 23.2 Å². The molecule has 1 saturated heterocycles. The number of nitrogens with zero attached hydrogens (tertiary/aromatic N) is 1. The van der Waals surface area contributed by atoms with Gasteiger partial charge >= 0.3 is 5.97 Å². The Balaban J connectivity index is 1.58. The topological polar surface area (TPSA) is 59.0 Å². The van der Waals surface area contributed by atoms with Gasteiger partial charge in [-0.05, 0) is 73.7 Å². The lowest BCUT2D eigenvalue weighted by Gasteiger charge is -2.31. The molecule has 2 aromatic carbocycles. The SMILES string of the molecule is O=C(O)CC1CCCN(CCC=C2c3cc(Cl)ccc3OOc3ccc(Cl)cc32)C1. The third kappa shape index (κ3) is 4.91. The summed E-state index contributed by atoms with van der Waals surface area (Å²) in [5.41, 5.74) is 2.67. The average Bonchev–Trinajstić information content (AvgIpc) is 2.85. The summed E-state index contributed by atoms with van der Waals surface area (Å²) in [5.74, 6) is 0.696. The van der Waals surface area contributed by atoms with Crippen molar-refractivity contribution in [3.63, 3.8) is 0 Å². The van der Waals surface area contributed by atoms with Crippen molar-refractivity contribution in [1.29, 1.82) is 0 Å². The number of fused-ring (bicyclic) bond motifs is 2. The number of hydrogen-bond donors (Lipinski definition) is 1. The van der Waals surface area contributed by atoms with E-state index >= 15 is 0 Å². The van der Waals surface area contributed by atoms with Crippen LogP contribution < -0.4 is 9.78 Å². The molecular weight excluding hydrogens is 425 g/mol. The normalized spacial score (nSPS) is 18.5. The van der Waals surface area contributed by atoms with Crippen molar-refractivity contribution < 1.29 is 19.7 Å². The van der Waals surface area contributed by atoms with Crippen molar-refractivity contribution >= 4 is 34.7 Å². The van der Waals surface area contributed by atoms with E-state index in [1.54, 1.807) is 24.3 Å². The first-order valence-corrected chi connectivity index (χ1v) is 10.8. The van der Waals surface area contributed by atoms with Crippen LogP contribution in [0.3, 0.4) is 0 Å². The van der Waals surface area contributed by atoms with Gasteiger partial charge in [0.15, 0.2) is 11.5 Å². The number of piperidine rings is 1. The smallest absolute Gasteiger partial charge is 0.303 e. The predicted octanol–water partition coefficient (Wildman–Crippen LogP) is 5.69. The fraction of sp³-hybridized carbons (Fsp3) is 0.348. The monoisotopic (exact) mass is 447 g/mol. The van der Waals surface area contributed by atoms with Crippen LogP contribution in [0.25, 0.3) is 5.57 Å². The van der Waals surface area contributed by atoms with Gasteiger partial charge in [-0.1, -0.05) is 29.3 Å². The van der Waals surface area contributed by atoms with Gasteiger partial charge in [0.2, 0.25) is 0 Å². The second-order valence-corrected chi connectivity index (χ2v) is 8.63. The van der Waals surface area contributed by atoms with Crippen LogP contribution in [0.5, 0.6) is 11.5 Å². The van der Waals surface area contributed by atoms with Crippen LogP contribution in [0.4, 0.5) is 0 Å². The van der Waals surface area contributed by atoms with Gasteiger partial charge in [-0.25, -0.2) is 0 Å². The van der Waals surface area contributed by atoms with Gasteiger partial charge in [0, 0.05) is 40.7 Å². The Bertz CT molecular complexity index is 920. The molecule has 7 heteroatoms. The Kier molecular flexibility index (Phi) is 6.52. The molecule has 1 unspecified atom stereocenters. The highest BCUT2D eigenvalue weighted by molar-refractivity contribution is 6.31. The van der Waals surface area contributed by atoms with Crippen molar-refractivity contribution in [3.05, 3.63) is 63.6 Å². The molecule has 2 aliphatic rings. The van der Waals surface area contributed by atoms with Gasteiger partial charge in [-0.15, -0.1) is 0 Å². The molecule has 0 amide bonds. The van der Waals surface area contributed by atoms with Crippen molar-refractivity contribution in [1.82, 2.24) is 4.90 Å². The number of benzene rings is 2. The maximum atomic E-state index is 11.0. The minimum atomic E-state index is -0.718. The van der Waals surface area contributed by atoms with Crippen LogP contribution in [0.1, 0.15) is 36.8 Å². The highest BCUT2D eigenvalue weighted by Gasteiger charge is 2.24. The quantitative estimate of drug-likeness (QED) is 0.596. The van der Waals surface area contributed by atoms with Crippen molar-refractivity contribution in [2.75, 3.05) is 19.6 Å². The van der Waals surface area contributed by atoms with Crippen molar-refractivity contribution in [3.8, 4) is 11.5 Å². The summed E-state index contributed by atoms with van der Waals surface area (Å²) in [6.45, 7) is 2.68. The number of carboxylic acids is 1. The molecule has 0 spiro atoms. The van der Waals surface area contributed by atoms with Crippen LogP contribution in [-0.2, 0) is 4.79 Å². The van der Waals surface area contributed by atoms with Gasteiger partial charge in [-0.3, -0.25) is 14.6 Å². The molecule has 30 heavy (non-hydrogen) atoms. The van der Waals surface area contributed by atoms with E-state index in [0.717, 1.165) is 55.6 Å². The molecule has 0 aliphatic carbocycles. The number of carboxylic acid groups (broad SMARTS) is 1. The second-order valence-electron chi connectivity index (χ2n) is 7.76. The number of rotatable bonds is 5. The summed E-state index contributed by atoms with van der Waals surface area (Å²) in [6.07, 6.45) is 5.21. The standard InChI is InChI=1S/C23H23Cl2NO4/c24-16-5-7-21-19(12-16)18(20-13-17(25)6-8-22(20)30-29-21)4-2-10-26-9-1-3-15(14-26)11-23(27)28/h4-8,12-13,15H,1-3,9-11,14H2,(H,27,28). The molecule has 1 atom stereocenters. The number of carbonyl (C=O) groups is 1. The fourth-order valence-electron chi connectivity index (χ4n) is 4.18. The molecule has 0 aromatic heterocycles. The number of aliphatic carboxylic acids is 1. The van der Waals surface area contributed by atoms with Crippen LogP contribution in [0.15, 0.2) is 42.5 Å². The lowest BCUT2D eigenvalue weighted by Crippen LogP contribution is -2.36. The Morgan fingerprint density at radius 2 is 1.73 bits per heavy atom. The minimum absolute atomic E-state index is 0.225. The molecule has 158 valence electrons. The average molecular weight is 448 g/mol. The highest BCUT2D eigenvalue weighted by Crippen LogP contribution is 2.41. The van der Waals surface area contributed by atoms with E-state index < -0.39 is 5.97 Å². The number of hydrogen-bond acceptors (Lipinski definition) is 4. The van der Waals surface area contributed by atoms with Gasteiger partial charge in [0.25, 0.3) is 0 Å². The van der Waals surface area contributed by atoms with Gasteiger partial charge < -0.3 is 10.0 Å². The molecule has 0 bridgehead atoms. The van der Waals surface area contributed by atoms with Gasteiger partial charge in [0.1, 0.15) is 0 Å². The van der Waals surface area contributed by atoms with E-state index in [1.807, 2.05) is 12.1 Å². The first-order chi connectivity index (χ1) is 14.5. The maximum Gasteiger partial charge on any atom is 0.303 e. The zero-order chi connectivity index (χ0) is 21.1. The first-order valence-electron chi connectivity index (χ1n) is 10.1. The molecule has 1 fully saturated rings. The molecular formula is C23H23Cl2NO4. The lowest BCUT2D eigenvalue weighted by molar-refractivity contribution is -0.138. The summed E-state index contributed by atoms with van der Waals surface area (Å²) in [5, 5.41) is 10.3. The van der Waals surface area contributed by atoms with Crippen molar-refractivity contribution in [2.45, 2.75) is 25.7 Å². The molecule has 0 radical (unpaired) electrons. The third-order valence-corrected chi connectivity index (χ3v) is 6.02. The van der Waals surface area contributed by atoms with Crippen molar-refractivity contribution in [2.24, 2.45) is 5.92 Å². The fourth-order valence-corrected chi connectivity index (χ4v) is 4.53. The summed E-state index contributed by atoms with van der Waals surface area (Å²) in [7, 11) is 0. The Morgan fingerprint density at radius 3 is 2.33 bits per heavy atom. The van der Waals surface area contributed by atoms with Crippen LogP contribution in [0.2, 0.25) is 10.0 Å². The van der Waals surface area contributed by atoms with E-state index in [9.17, 15) is 4.79 Å². The summed E-state index contributed by atoms with van der Waals surface area (Å²) < 4.78 is 0. The summed E-state index contributed by atoms with van der Waals surface area (Å²) in [6, 6.07) is 10.8. The Morgan fingerprint density at radius 1 is 1.10 bits per heavy atom. The second kappa shape index (κ2) is 9.29. The zero-order valence-corrected chi connectivity index (χ0v) is 18.0. The number of likely N-dealkylation sites (tertiary alicyclic amines) is 1. The molecule has 2 aromatic rings. The van der Waals surface area contributed by atoms with E-state index in [2.05, 4.69) is 11.0 Å². The van der Waals surface area contributed by atoms with E-state index in [-0.39, 0.29) is 12.3 Å². The summed E-state index contributed by atoms with van der Waals surface area (Å²) in [4.78, 5) is 24.5. The Hall–Kier alpha value is -2.21. The molecule has 2 heterocycles. The molecule has 4 rings (SSSR count). The highest BCUT2D eigenvalue weighted by atomic mass is 35.5. The predicted molar refractivity (Wildman–Crippen MR) is 117 cm³/mol. The number of halogens is 2. The molecule has 2 aliphatic heterocycles. The largest absolute Gasteiger partial charge is 0.481 e.